The molecule has 41 heavy (non-hydrogen) atoms. The van der Waals surface area contributed by atoms with E-state index in [1.54, 1.807) is 30.5 Å². The number of amides is 1. The molecule has 0 bridgehead atoms. The maximum absolute atomic E-state index is 13.1. The SMILES string of the molecule is CC(C)Nc1cc(-n2ncc3cc(C#N)cnc32)ncc1C(=O)NCCc1ccc(N(S(C)(=O)=O)S(C)(=O)=O)cc1. The lowest BCUT2D eigenvalue weighted by atomic mass is 10.1. The Balaban J connectivity index is 1.49. The van der Waals surface area contributed by atoms with Crippen LogP contribution in [-0.2, 0) is 26.5 Å². The van der Waals surface area contributed by atoms with E-state index in [1.807, 2.05) is 19.9 Å². The van der Waals surface area contributed by atoms with Crippen LogP contribution in [0, 0.1) is 11.3 Å². The predicted octanol–water partition coefficient (Wildman–Crippen LogP) is 2.21. The van der Waals surface area contributed by atoms with Crippen molar-refractivity contribution in [2.45, 2.75) is 26.3 Å². The maximum Gasteiger partial charge on any atom is 0.254 e. The van der Waals surface area contributed by atoms with Gasteiger partial charge in [-0.05, 0) is 44.0 Å². The van der Waals surface area contributed by atoms with E-state index in [9.17, 15) is 21.6 Å². The quantitative estimate of drug-likeness (QED) is 0.275. The summed E-state index contributed by atoms with van der Waals surface area (Å²) in [4.78, 5) is 21.8. The van der Waals surface area contributed by atoms with Crippen molar-refractivity contribution < 1.29 is 21.6 Å². The van der Waals surface area contributed by atoms with Crippen LogP contribution in [0.5, 0.6) is 0 Å². The van der Waals surface area contributed by atoms with Crippen molar-refractivity contribution in [2.75, 3.05) is 28.1 Å². The molecule has 0 saturated carbocycles. The third-order valence-electron chi connectivity index (χ3n) is 5.78. The summed E-state index contributed by atoms with van der Waals surface area (Å²) >= 11 is 0. The van der Waals surface area contributed by atoms with E-state index in [-0.39, 0.29) is 24.2 Å². The number of pyridine rings is 2. The Morgan fingerprint density at radius 2 is 1.71 bits per heavy atom. The van der Waals surface area contributed by atoms with E-state index in [0.29, 0.717) is 43.8 Å². The van der Waals surface area contributed by atoms with Gasteiger partial charge in [0.15, 0.2) is 11.5 Å². The second-order valence-electron chi connectivity index (χ2n) is 9.59. The van der Waals surface area contributed by atoms with E-state index in [0.717, 1.165) is 18.1 Å². The van der Waals surface area contributed by atoms with Gasteiger partial charge in [-0.2, -0.15) is 18.8 Å². The van der Waals surface area contributed by atoms with Crippen molar-refractivity contribution in [2.24, 2.45) is 0 Å². The summed E-state index contributed by atoms with van der Waals surface area (Å²) in [6, 6.07) is 11.5. The van der Waals surface area contributed by atoms with Gasteiger partial charge in [-0.1, -0.05) is 12.1 Å². The molecule has 3 heterocycles. The maximum atomic E-state index is 13.1. The first-order valence-corrected chi connectivity index (χ1v) is 16.1. The zero-order valence-electron chi connectivity index (χ0n) is 22.7. The van der Waals surface area contributed by atoms with Gasteiger partial charge in [-0.15, -0.1) is 0 Å². The Morgan fingerprint density at radius 1 is 1.02 bits per heavy atom. The van der Waals surface area contributed by atoms with Crippen molar-refractivity contribution in [1.82, 2.24) is 25.1 Å². The molecule has 0 aliphatic carbocycles. The number of hydrogen-bond donors (Lipinski definition) is 2. The topological polar surface area (TPSA) is 180 Å². The van der Waals surface area contributed by atoms with Gasteiger partial charge in [0.2, 0.25) is 20.0 Å². The number of hydrogen-bond acceptors (Lipinski definition) is 10. The molecule has 0 fully saturated rings. The summed E-state index contributed by atoms with van der Waals surface area (Å²) in [6.45, 7) is 4.14. The van der Waals surface area contributed by atoms with Crippen LogP contribution in [0.1, 0.15) is 35.3 Å². The predicted molar refractivity (Wildman–Crippen MR) is 155 cm³/mol. The second-order valence-corrected chi connectivity index (χ2v) is 13.5. The summed E-state index contributed by atoms with van der Waals surface area (Å²) < 4.78 is 49.8. The Hall–Kier alpha value is -4.55. The van der Waals surface area contributed by atoms with Crippen LogP contribution in [0.15, 0.2) is 55.0 Å². The van der Waals surface area contributed by atoms with Gasteiger partial charge in [-0.3, -0.25) is 4.79 Å². The molecule has 1 amide bonds. The van der Waals surface area contributed by atoms with Gasteiger partial charge in [0.25, 0.3) is 5.91 Å². The Labute approximate surface area is 237 Å². The van der Waals surface area contributed by atoms with Crippen LogP contribution in [0.3, 0.4) is 0 Å². The second kappa shape index (κ2) is 11.5. The standard InChI is InChI=1S/C26H28N8O5S2/c1-17(2)32-23-12-24(33-25-20(15-31-33)11-19(13-27)14-30-25)29-16-22(23)26(35)28-10-9-18-5-7-21(8-6-18)34(40(3,36)37)41(4,38)39/h5-8,11-12,14-17H,9-10H2,1-4H3,(H,28,35)(H,29,32). The number of anilines is 2. The average Bonchev–Trinajstić information content (AvgIpc) is 3.31. The van der Waals surface area contributed by atoms with Crippen LogP contribution < -0.4 is 14.3 Å². The van der Waals surface area contributed by atoms with Gasteiger partial charge >= 0.3 is 0 Å². The highest BCUT2D eigenvalue weighted by molar-refractivity contribution is 8.09. The van der Waals surface area contributed by atoms with E-state index in [4.69, 9.17) is 5.26 Å². The molecule has 0 aliphatic heterocycles. The highest BCUT2D eigenvalue weighted by Crippen LogP contribution is 2.23. The van der Waals surface area contributed by atoms with Gasteiger partial charge in [0, 0.05) is 36.4 Å². The number of aromatic nitrogens is 4. The van der Waals surface area contributed by atoms with Gasteiger partial charge < -0.3 is 10.6 Å². The molecule has 0 spiro atoms. The first-order valence-electron chi connectivity index (χ1n) is 12.4. The molecule has 0 saturated heterocycles. The van der Waals surface area contributed by atoms with E-state index in [2.05, 4.69) is 25.7 Å². The largest absolute Gasteiger partial charge is 0.382 e. The van der Waals surface area contributed by atoms with Crippen LogP contribution in [0.25, 0.3) is 16.9 Å². The molecule has 214 valence electrons. The molecular weight excluding hydrogens is 568 g/mol. The lowest BCUT2D eigenvalue weighted by Crippen LogP contribution is -2.35. The molecule has 4 rings (SSSR count). The van der Waals surface area contributed by atoms with E-state index >= 15 is 0 Å². The molecule has 0 atom stereocenters. The van der Waals surface area contributed by atoms with Crippen molar-refractivity contribution in [1.29, 1.82) is 5.26 Å². The molecule has 13 nitrogen and oxygen atoms in total. The van der Waals surface area contributed by atoms with Crippen molar-refractivity contribution in [3.8, 4) is 11.9 Å². The number of sulfonamides is 2. The molecule has 0 unspecified atom stereocenters. The summed E-state index contributed by atoms with van der Waals surface area (Å²) in [5.41, 5.74) is 2.58. The smallest absolute Gasteiger partial charge is 0.254 e. The number of nitrogens with zero attached hydrogens (tertiary/aromatic N) is 6. The Bertz CT molecular complexity index is 1830. The molecule has 3 aromatic heterocycles. The number of benzene rings is 1. The van der Waals surface area contributed by atoms with Gasteiger partial charge in [0.05, 0.1) is 41.2 Å². The molecule has 0 aliphatic rings. The molecular formula is C26H28N8O5S2. The molecule has 0 radical (unpaired) electrons. The van der Waals surface area contributed by atoms with Crippen molar-refractivity contribution in [3.05, 3.63) is 71.7 Å². The normalized spacial score (nSPS) is 11.8. The van der Waals surface area contributed by atoms with E-state index in [1.165, 1.54) is 29.2 Å². The van der Waals surface area contributed by atoms with Crippen LogP contribution in [0.4, 0.5) is 11.4 Å². The zero-order chi connectivity index (χ0) is 29.9. The number of nitrogens with one attached hydrogen (secondary N) is 2. The van der Waals surface area contributed by atoms with E-state index < -0.39 is 20.0 Å². The zero-order valence-corrected chi connectivity index (χ0v) is 24.4. The minimum absolute atomic E-state index is 0.00372. The Morgan fingerprint density at radius 3 is 2.32 bits per heavy atom. The monoisotopic (exact) mass is 596 g/mol. The average molecular weight is 597 g/mol. The van der Waals surface area contributed by atoms with Gasteiger partial charge in [0.1, 0.15) is 6.07 Å². The van der Waals surface area contributed by atoms with Crippen LogP contribution >= 0.6 is 0 Å². The number of rotatable bonds is 10. The lowest BCUT2D eigenvalue weighted by molar-refractivity contribution is 0.0954. The molecule has 4 aromatic rings. The Kier molecular flexibility index (Phi) is 8.27. The third kappa shape index (κ3) is 6.79. The third-order valence-corrected chi connectivity index (χ3v) is 9.03. The minimum Gasteiger partial charge on any atom is -0.382 e. The summed E-state index contributed by atoms with van der Waals surface area (Å²) in [7, 11) is -8.07. The highest BCUT2D eigenvalue weighted by Gasteiger charge is 2.27. The first-order chi connectivity index (χ1) is 19.3. The van der Waals surface area contributed by atoms with Crippen molar-refractivity contribution >= 4 is 48.4 Å². The first kappa shape index (κ1) is 29.4. The van der Waals surface area contributed by atoms with Gasteiger partial charge in [-0.25, -0.2) is 26.8 Å². The number of fused-ring (bicyclic) bond motifs is 1. The van der Waals surface area contributed by atoms with Crippen molar-refractivity contribution in [3.63, 3.8) is 0 Å². The minimum atomic E-state index is -4.04. The fraction of sp³-hybridized carbons (Fsp3) is 0.269. The fourth-order valence-corrected chi connectivity index (χ4v) is 7.13. The number of carbonyl (C=O) groups is 1. The summed E-state index contributed by atoms with van der Waals surface area (Å²) in [6.07, 6.45) is 6.55. The van der Waals surface area contributed by atoms with Crippen LogP contribution in [0.2, 0.25) is 0 Å². The summed E-state index contributed by atoms with van der Waals surface area (Å²) in [5.74, 6) is 0.0838. The van der Waals surface area contributed by atoms with Crippen LogP contribution in [-0.4, -0.2) is 67.6 Å². The molecule has 15 heteroatoms. The highest BCUT2D eigenvalue weighted by atomic mass is 32.3. The molecule has 2 N–H and O–H groups in total. The lowest BCUT2D eigenvalue weighted by Gasteiger charge is -2.20. The number of carbonyl (C=O) groups excluding carboxylic acids is 1. The fourth-order valence-electron chi connectivity index (χ4n) is 4.15. The number of nitriles is 1. The molecule has 1 aromatic carbocycles. The summed E-state index contributed by atoms with van der Waals surface area (Å²) in [5, 5.41) is 20.3.